The first-order chi connectivity index (χ1) is 11.8. The van der Waals surface area contributed by atoms with E-state index in [-0.39, 0.29) is 26.5 Å². The van der Waals surface area contributed by atoms with Crippen LogP contribution in [0.15, 0.2) is 30.5 Å². The summed E-state index contributed by atoms with van der Waals surface area (Å²) in [4.78, 5) is 28.0. The van der Waals surface area contributed by atoms with Crippen LogP contribution in [0.1, 0.15) is 52.6 Å². The number of hydrogen-bond acceptors (Lipinski definition) is 4. The van der Waals surface area contributed by atoms with Crippen molar-refractivity contribution >= 4 is 46.6 Å². The summed E-state index contributed by atoms with van der Waals surface area (Å²) in [6, 6.07) is 7.26. The number of pyridine rings is 1. The second kappa shape index (κ2) is 8.65. The molecule has 1 heterocycles. The van der Waals surface area contributed by atoms with Crippen molar-refractivity contribution in [3.8, 4) is 0 Å². The first-order valence-corrected chi connectivity index (χ1v) is 8.78. The lowest BCUT2D eigenvalue weighted by Gasteiger charge is -2.10. The first kappa shape index (κ1) is 19.7. The average molecular weight is 401 g/mol. The van der Waals surface area contributed by atoms with E-state index in [1.807, 2.05) is 12.1 Å². The van der Waals surface area contributed by atoms with Gasteiger partial charge in [-0.15, -0.1) is 0 Å². The van der Waals surface area contributed by atoms with Crippen LogP contribution in [0.3, 0.4) is 0 Å². The minimum Gasteiger partial charge on any atom is -0.453 e. The first-order valence-electron chi connectivity index (χ1n) is 7.64. The normalized spacial score (nSPS) is 11.9. The lowest BCUT2D eigenvalue weighted by Crippen LogP contribution is -2.15. The molecular formula is C18H16Cl3NO3. The number of halogens is 3. The molecule has 1 aromatic heterocycles. The van der Waals surface area contributed by atoms with Crippen LogP contribution in [-0.4, -0.2) is 23.3 Å². The molecule has 4 nitrogen and oxygen atoms in total. The maximum Gasteiger partial charge on any atom is 0.358 e. The Bertz CT molecular complexity index is 791. The van der Waals surface area contributed by atoms with Gasteiger partial charge in [-0.3, -0.25) is 4.79 Å². The Morgan fingerprint density at radius 3 is 2.36 bits per heavy atom. The second-order valence-corrected chi connectivity index (χ2v) is 6.68. The van der Waals surface area contributed by atoms with Crippen LogP contribution in [0.5, 0.6) is 0 Å². The van der Waals surface area contributed by atoms with Crippen molar-refractivity contribution in [1.29, 1.82) is 0 Å². The van der Waals surface area contributed by atoms with Crippen LogP contribution in [-0.2, 0) is 4.74 Å². The van der Waals surface area contributed by atoms with E-state index in [1.165, 1.54) is 6.20 Å². The molecule has 0 saturated heterocycles. The smallest absolute Gasteiger partial charge is 0.358 e. The number of ether oxygens (including phenoxy) is 1. The number of nitrogens with zero attached hydrogens (tertiary/aromatic N) is 1. The molecule has 0 aliphatic heterocycles. The maximum atomic E-state index is 12.2. The van der Waals surface area contributed by atoms with E-state index in [1.54, 1.807) is 12.1 Å². The van der Waals surface area contributed by atoms with Crippen LogP contribution >= 0.6 is 34.8 Å². The zero-order valence-corrected chi connectivity index (χ0v) is 16.0. The number of carbonyl (C=O) groups excluding carboxylic acids is 2. The third kappa shape index (κ3) is 4.72. The van der Waals surface area contributed by atoms with Crippen molar-refractivity contribution in [3.63, 3.8) is 0 Å². The molecule has 0 N–H and O–H groups in total. The third-order valence-electron chi connectivity index (χ3n) is 3.86. The quantitative estimate of drug-likeness (QED) is 0.468. The Balaban J connectivity index is 2.02. The number of aromatic nitrogens is 1. The summed E-state index contributed by atoms with van der Waals surface area (Å²) in [7, 11) is 0. The Labute approximate surface area is 161 Å². The Kier molecular flexibility index (Phi) is 6.82. The van der Waals surface area contributed by atoms with E-state index in [0.717, 1.165) is 12.0 Å². The van der Waals surface area contributed by atoms with Crippen molar-refractivity contribution in [2.75, 3.05) is 6.61 Å². The second-order valence-electron chi connectivity index (χ2n) is 5.51. The molecule has 0 amide bonds. The molecule has 1 atom stereocenters. The zero-order chi connectivity index (χ0) is 18.6. The molecule has 0 saturated carbocycles. The van der Waals surface area contributed by atoms with Crippen LogP contribution in [0.4, 0.5) is 0 Å². The SMILES string of the molecule is CC[C@@H](C)c1ccc(C(=O)COC(=O)c2ncc(Cl)c(Cl)c2Cl)cc1. The molecule has 132 valence electrons. The summed E-state index contributed by atoms with van der Waals surface area (Å²) in [6.07, 6.45) is 2.21. The van der Waals surface area contributed by atoms with Gasteiger partial charge in [-0.05, 0) is 17.9 Å². The van der Waals surface area contributed by atoms with E-state index < -0.39 is 12.6 Å². The highest BCUT2D eigenvalue weighted by Gasteiger charge is 2.19. The summed E-state index contributed by atoms with van der Waals surface area (Å²) in [5.74, 6) is -0.738. The molecule has 0 spiro atoms. The van der Waals surface area contributed by atoms with E-state index >= 15 is 0 Å². The summed E-state index contributed by atoms with van der Waals surface area (Å²) >= 11 is 17.5. The van der Waals surface area contributed by atoms with Gasteiger partial charge in [-0.1, -0.05) is 72.9 Å². The predicted octanol–water partition coefficient (Wildman–Crippen LogP) is 5.60. The van der Waals surface area contributed by atoms with Gasteiger partial charge >= 0.3 is 5.97 Å². The molecule has 2 aromatic rings. The zero-order valence-electron chi connectivity index (χ0n) is 13.7. The van der Waals surface area contributed by atoms with Gasteiger partial charge in [0.2, 0.25) is 0 Å². The van der Waals surface area contributed by atoms with Crippen LogP contribution in [0.25, 0.3) is 0 Å². The van der Waals surface area contributed by atoms with Gasteiger partial charge in [0, 0.05) is 11.8 Å². The fourth-order valence-corrected chi connectivity index (χ4v) is 2.66. The van der Waals surface area contributed by atoms with Gasteiger partial charge < -0.3 is 4.74 Å². The summed E-state index contributed by atoms with van der Waals surface area (Å²) in [5.41, 5.74) is 1.44. The van der Waals surface area contributed by atoms with Gasteiger partial charge in [0.1, 0.15) is 0 Å². The van der Waals surface area contributed by atoms with Crippen LogP contribution < -0.4 is 0 Å². The topological polar surface area (TPSA) is 56.3 Å². The van der Waals surface area contributed by atoms with Crippen molar-refractivity contribution in [2.24, 2.45) is 0 Å². The van der Waals surface area contributed by atoms with Crippen molar-refractivity contribution in [2.45, 2.75) is 26.2 Å². The number of benzene rings is 1. The van der Waals surface area contributed by atoms with Crippen LogP contribution in [0.2, 0.25) is 15.1 Å². The summed E-state index contributed by atoms with van der Waals surface area (Å²) < 4.78 is 4.98. The molecule has 2 rings (SSSR count). The standard InChI is InChI=1S/C18H16Cl3NO3/c1-3-10(2)11-4-6-12(7-5-11)14(23)9-25-18(24)17-16(21)15(20)13(19)8-22-17/h4-8,10H,3,9H2,1-2H3/t10-/m1/s1. The Hall–Kier alpha value is -1.62. The number of ketones is 1. The molecule has 7 heteroatoms. The van der Waals surface area contributed by atoms with E-state index in [2.05, 4.69) is 18.8 Å². The minimum atomic E-state index is -0.840. The monoisotopic (exact) mass is 399 g/mol. The van der Waals surface area contributed by atoms with Gasteiger partial charge in [0.25, 0.3) is 0 Å². The van der Waals surface area contributed by atoms with Crippen LogP contribution in [0, 0.1) is 0 Å². The third-order valence-corrected chi connectivity index (χ3v) is 5.10. The van der Waals surface area contributed by atoms with E-state index in [0.29, 0.717) is 11.5 Å². The molecule has 0 aliphatic rings. The lowest BCUT2D eigenvalue weighted by molar-refractivity contribution is 0.0469. The molecule has 0 fully saturated rings. The number of rotatable bonds is 6. The summed E-state index contributed by atoms with van der Waals surface area (Å²) in [6.45, 7) is 3.80. The van der Waals surface area contributed by atoms with Gasteiger partial charge in [-0.2, -0.15) is 0 Å². The molecule has 0 unspecified atom stereocenters. The van der Waals surface area contributed by atoms with Gasteiger partial charge in [0.05, 0.1) is 15.1 Å². The van der Waals surface area contributed by atoms with E-state index in [4.69, 9.17) is 39.5 Å². The van der Waals surface area contributed by atoms with Gasteiger partial charge in [-0.25, -0.2) is 9.78 Å². The molecule has 25 heavy (non-hydrogen) atoms. The molecule has 0 radical (unpaired) electrons. The number of esters is 1. The Morgan fingerprint density at radius 1 is 1.12 bits per heavy atom. The fraction of sp³-hybridized carbons (Fsp3) is 0.278. The highest BCUT2D eigenvalue weighted by molar-refractivity contribution is 6.48. The van der Waals surface area contributed by atoms with Crippen molar-refractivity contribution in [1.82, 2.24) is 4.98 Å². The summed E-state index contributed by atoms with van der Waals surface area (Å²) in [5, 5.41) is 0.0301. The van der Waals surface area contributed by atoms with Crippen molar-refractivity contribution in [3.05, 3.63) is 62.4 Å². The van der Waals surface area contributed by atoms with Crippen molar-refractivity contribution < 1.29 is 14.3 Å². The number of Topliss-reactive ketones (excluding diaryl/α,β-unsaturated/α-hetero) is 1. The fourth-order valence-electron chi connectivity index (χ4n) is 2.10. The molecular weight excluding hydrogens is 385 g/mol. The highest BCUT2D eigenvalue weighted by Crippen LogP contribution is 2.31. The lowest BCUT2D eigenvalue weighted by atomic mass is 9.97. The van der Waals surface area contributed by atoms with E-state index in [9.17, 15) is 9.59 Å². The maximum absolute atomic E-state index is 12.2. The molecule has 1 aromatic carbocycles. The largest absolute Gasteiger partial charge is 0.453 e. The number of carbonyl (C=O) groups is 2. The minimum absolute atomic E-state index is 0.0113. The average Bonchev–Trinajstić information content (AvgIpc) is 2.63. The Morgan fingerprint density at radius 2 is 1.76 bits per heavy atom. The predicted molar refractivity (Wildman–Crippen MR) is 99.0 cm³/mol. The van der Waals surface area contributed by atoms with Gasteiger partial charge in [0.15, 0.2) is 18.1 Å². The number of hydrogen-bond donors (Lipinski definition) is 0. The molecule has 0 aliphatic carbocycles. The molecule has 0 bridgehead atoms. The highest BCUT2D eigenvalue weighted by atomic mass is 35.5.